The summed E-state index contributed by atoms with van der Waals surface area (Å²) in [6.45, 7) is 0. The van der Waals surface area contributed by atoms with Gasteiger partial charge in [0.25, 0.3) is 5.91 Å². The first-order valence-corrected chi connectivity index (χ1v) is 6.48. The zero-order valence-electron chi connectivity index (χ0n) is 12.0. The van der Waals surface area contributed by atoms with E-state index in [0.29, 0.717) is 0 Å². The van der Waals surface area contributed by atoms with Crippen molar-refractivity contribution in [2.24, 2.45) is 7.05 Å². The van der Waals surface area contributed by atoms with E-state index in [-0.39, 0.29) is 28.6 Å². The van der Waals surface area contributed by atoms with Crippen LogP contribution in [0.5, 0.6) is 11.5 Å². The summed E-state index contributed by atoms with van der Waals surface area (Å²) in [6, 6.07) is 3.71. The van der Waals surface area contributed by atoms with Gasteiger partial charge in [0.1, 0.15) is 11.4 Å². The minimum absolute atomic E-state index is 0.0349. The SMILES string of the molecule is Cn1ncc(C(=O)Nc2ccc3c(c2)OC(F)(F)O3)c1NC(=O)O. The van der Waals surface area contributed by atoms with E-state index in [4.69, 9.17) is 5.11 Å². The van der Waals surface area contributed by atoms with Gasteiger partial charge in [-0.3, -0.25) is 14.8 Å². The summed E-state index contributed by atoms with van der Waals surface area (Å²) in [5.41, 5.74) is 0.119. The van der Waals surface area contributed by atoms with E-state index in [1.807, 2.05) is 0 Å². The standard InChI is InChI=1S/C13H10F2N4O5/c1-19-10(18-12(21)22)7(5-16-19)11(20)17-6-2-3-8-9(4-6)24-13(14,15)23-8/h2-5,18H,1H3,(H,17,20)(H,21,22). The first kappa shape index (κ1) is 15.5. The number of aromatic nitrogens is 2. The summed E-state index contributed by atoms with van der Waals surface area (Å²) in [5.74, 6) is -1.11. The summed E-state index contributed by atoms with van der Waals surface area (Å²) in [6.07, 6.45) is -3.95. The molecule has 9 nitrogen and oxygen atoms in total. The number of nitrogens with zero attached hydrogens (tertiary/aromatic N) is 2. The zero-order chi connectivity index (χ0) is 17.5. The number of fused-ring (bicyclic) bond motifs is 1. The Kier molecular flexibility index (Phi) is 3.47. The fraction of sp³-hybridized carbons (Fsp3) is 0.154. The third-order valence-electron chi connectivity index (χ3n) is 3.07. The van der Waals surface area contributed by atoms with Crippen LogP contribution in [0.4, 0.5) is 25.1 Å². The number of anilines is 2. The summed E-state index contributed by atoms with van der Waals surface area (Å²) in [4.78, 5) is 23.0. The quantitative estimate of drug-likeness (QED) is 0.788. The lowest BCUT2D eigenvalue weighted by atomic mass is 10.2. The fourth-order valence-corrected chi connectivity index (χ4v) is 2.08. The predicted molar refractivity (Wildman–Crippen MR) is 75.5 cm³/mol. The highest BCUT2D eigenvalue weighted by atomic mass is 19.3. The van der Waals surface area contributed by atoms with Crippen molar-refractivity contribution in [3.05, 3.63) is 30.0 Å². The Morgan fingerprint density at radius 3 is 2.67 bits per heavy atom. The van der Waals surface area contributed by atoms with Crippen molar-refractivity contribution < 1.29 is 33.0 Å². The molecule has 0 spiro atoms. The van der Waals surface area contributed by atoms with Crippen molar-refractivity contribution in [3.8, 4) is 11.5 Å². The van der Waals surface area contributed by atoms with Crippen LogP contribution in [-0.4, -0.2) is 33.2 Å². The first-order valence-electron chi connectivity index (χ1n) is 6.48. The molecule has 0 atom stereocenters. The smallest absolute Gasteiger partial charge is 0.465 e. The van der Waals surface area contributed by atoms with Gasteiger partial charge in [-0.25, -0.2) is 4.79 Å². The van der Waals surface area contributed by atoms with E-state index in [1.54, 1.807) is 0 Å². The Morgan fingerprint density at radius 1 is 1.25 bits per heavy atom. The van der Waals surface area contributed by atoms with Gasteiger partial charge in [-0.2, -0.15) is 5.10 Å². The van der Waals surface area contributed by atoms with Gasteiger partial charge in [-0.15, -0.1) is 8.78 Å². The molecule has 0 unspecified atom stereocenters. The molecular formula is C13H10F2N4O5. The number of hydrogen-bond donors (Lipinski definition) is 3. The van der Waals surface area contributed by atoms with Gasteiger partial charge >= 0.3 is 12.4 Å². The van der Waals surface area contributed by atoms with Gasteiger partial charge in [0.15, 0.2) is 11.5 Å². The second-order valence-electron chi connectivity index (χ2n) is 4.74. The third kappa shape index (κ3) is 2.91. The number of ether oxygens (including phenoxy) is 2. The van der Waals surface area contributed by atoms with Crippen LogP contribution in [0.1, 0.15) is 10.4 Å². The van der Waals surface area contributed by atoms with Crippen molar-refractivity contribution in [2.75, 3.05) is 10.6 Å². The molecule has 3 N–H and O–H groups in total. The molecule has 1 aromatic carbocycles. The lowest BCUT2D eigenvalue weighted by Gasteiger charge is -2.07. The van der Waals surface area contributed by atoms with Crippen LogP contribution in [0.25, 0.3) is 0 Å². The van der Waals surface area contributed by atoms with E-state index in [9.17, 15) is 18.4 Å². The maximum Gasteiger partial charge on any atom is 0.586 e. The number of benzene rings is 1. The Bertz CT molecular complexity index is 836. The summed E-state index contributed by atoms with van der Waals surface area (Å²) in [5, 5.41) is 17.1. The zero-order valence-corrected chi connectivity index (χ0v) is 12.0. The highest BCUT2D eigenvalue weighted by Gasteiger charge is 2.43. The van der Waals surface area contributed by atoms with Gasteiger partial charge in [-0.05, 0) is 12.1 Å². The van der Waals surface area contributed by atoms with E-state index >= 15 is 0 Å². The molecule has 126 valence electrons. The summed E-state index contributed by atoms with van der Waals surface area (Å²) in [7, 11) is 1.45. The number of rotatable bonds is 3. The molecule has 0 saturated carbocycles. The van der Waals surface area contributed by atoms with Gasteiger partial charge < -0.3 is 19.9 Å². The van der Waals surface area contributed by atoms with Gasteiger partial charge in [0, 0.05) is 18.8 Å². The number of carboxylic acid groups (broad SMARTS) is 1. The molecule has 2 heterocycles. The van der Waals surface area contributed by atoms with Crippen LogP contribution < -0.4 is 20.1 Å². The Morgan fingerprint density at radius 2 is 1.96 bits per heavy atom. The van der Waals surface area contributed by atoms with Gasteiger partial charge in [-0.1, -0.05) is 0 Å². The number of nitrogens with one attached hydrogen (secondary N) is 2. The number of aryl methyl sites for hydroxylation is 1. The molecule has 1 aliphatic heterocycles. The molecular weight excluding hydrogens is 330 g/mol. The van der Waals surface area contributed by atoms with Gasteiger partial charge in [0.05, 0.1) is 6.20 Å². The fourth-order valence-electron chi connectivity index (χ4n) is 2.08. The van der Waals surface area contributed by atoms with Crippen molar-refractivity contribution in [2.45, 2.75) is 6.29 Å². The van der Waals surface area contributed by atoms with Crippen molar-refractivity contribution in [3.63, 3.8) is 0 Å². The third-order valence-corrected chi connectivity index (χ3v) is 3.07. The minimum Gasteiger partial charge on any atom is -0.465 e. The second-order valence-corrected chi connectivity index (χ2v) is 4.74. The Labute approximate surface area is 132 Å². The number of amides is 2. The molecule has 1 aliphatic rings. The van der Waals surface area contributed by atoms with Gasteiger partial charge in [0.2, 0.25) is 0 Å². The van der Waals surface area contributed by atoms with Crippen molar-refractivity contribution in [1.82, 2.24) is 9.78 Å². The molecule has 0 fully saturated rings. The van der Waals surface area contributed by atoms with Crippen LogP contribution in [0.3, 0.4) is 0 Å². The summed E-state index contributed by atoms with van der Waals surface area (Å²) >= 11 is 0. The maximum atomic E-state index is 13.0. The normalized spacial score (nSPS) is 14.3. The van der Waals surface area contributed by atoms with E-state index in [0.717, 1.165) is 6.07 Å². The molecule has 0 aliphatic carbocycles. The molecule has 24 heavy (non-hydrogen) atoms. The number of carbonyl (C=O) groups is 2. The lowest BCUT2D eigenvalue weighted by molar-refractivity contribution is -0.286. The molecule has 1 aromatic heterocycles. The maximum absolute atomic E-state index is 13.0. The average Bonchev–Trinajstić information content (AvgIpc) is 2.97. The Balaban J connectivity index is 1.81. The van der Waals surface area contributed by atoms with Crippen LogP contribution in [0, 0.1) is 0 Å². The molecule has 2 aromatic rings. The molecule has 0 bridgehead atoms. The monoisotopic (exact) mass is 340 g/mol. The first-order chi connectivity index (χ1) is 11.2. The van der Waals surface area contributed by atoms with Crippen LogP contribution in [-0.2, 0) is 7.05 Å². The number of hydrogen-bond acceptors (Lipinski definition) is 5. The average molecular weight is 340 g/mol. The second kappa shape index (κ2) is 5.37. The van der Waals surface area contributed by atoms with Crippen molar-refractivity contribution >= 4 is 23.5 Å². The predicted octanol–water partition coefficient (Wildman–Crippen LogP) is 2.08. The number of carbonyl (C=O) groups excluding carboxylic acids is 1. The molecule has 3 rings (SSSR count). The van der Waals surface area contributed by atoms with Crippen molar-refractivity contribution in [1.29, 1.82) is 0 Å². The minimum atomic E-state index is -3.76. The van der Waals surface area contributed by atoms with E-state index in [2.05, 4.69) is 25.2 Å². The molecule has 0 saturated heterocycles. The van der Waals surface area contributed by atoms with E-state index in [1.165, 1.54) is 30.1 Å². The Hall–Kier alpha value is -3.37. The molecule has 11 heteroatoms. The number of alkyl halides is 2. The largest absolute Gasteiger partial charge is 0.586 e. The molecule has 2 amide bonds. The van der Waals surface area contributed by atoms with Crippen LogP contribution in [0.2, 0.25) is 0 Å². The number of halogens is 2. The highest BCUT2D eigenvalue weighted by Crippen LogP contribution is 2.42. The highest BCUT2D eigenvalue weighted by molar-refractivity contribution is 6.08. The topological polar surface area (TPSA) is 115 Å². The lowest BCUT2D eigenvalue weighted by Crippen LogP contribution is -2.25. The van der Waals surface area contributed by atoms with Crippen LogP contribution in [0.15, 0.2) is 24.4 Å². The summed E-state index contributed by atoms with van der Waals surface area (Å²) < 4.78 is 35.6. The molecule has 0 radical (unpaired) electrons. The van der Waals surface area contributed by atoms with Crippen LogP contribution >= 0.6 is 0 Å². The van der Waals surface area contributed by atoms with E-state index < -0.39 is 18.3 Å².